The van der Waals surface area contributed by atoms with E-state index >= 15 is 0 Å². The van der Waals surface area contributed by atoms with E-state index in [1.54, 1.807) is 4.90 Å². The van der Waals surface area contributed by atoms with E-state index in [9.17, 15) is 9.59 Å². The molecule has 0 spiro atoms. The van der Waals surface area contributed by atoms with Crippen molar-refractivity contribution in [1.29, 1.82) is 0 Å². The molecule has 0 radical (unpaired) electrons. The molecule has 0 atom stereocenters. The molecule has 1 aliphatic heterocycles. The average Bonchev–Trinajstić information content (AvgIpc) is 2.85. The minimum Gasteiger partial charge on any atom is -0.365 e. The third kappa shape index (κ3) is 3.46. The van der Waals surface area contributed by atoms with Gasteiger partial charge in [0.1, 0.15) is 0 Å². The molecule has 104 valence electrons. The molecule has 2 heterocycles. The second kappa shape index (κ2) is 5.59. The number of aromatic nitrogens is 1. The van der Waals surface area contributed by atoms with Crippen LogP contribution in [0.4, 0.5) is 0 Å². The summed E-state index contributed by atoms with van der Waals surface area (Å²) in [6, 6.07) is 3.99. The summed E-state index contributed by atoms with van der Waals surface area (Å²) in [5.41, 5.74) is 0.971. The first-order chi connectivity index (χ1) is 8.99. The summed E-state index contributed by atoms with van der Waals surface area (Å²) >= 11 is 0. The van der Waals surface area contributed by atoms with E-state index < -0.39 is 0 Å². The topological polar surface area (TPSA) is 53.2 Å². The van der Waals surface area contributed by atoms with Crippen molar-refractivity contribution in [2.24, 2.45) is 0 Å². The van der Waals surface area contributed by atoms with Crippen LogP contribution in [0.25, 0.3) is 0 Å². The molecule has 0 unspecified atom stereocenters. The van der Waals surface area contributed by atoms with Crippen LogP contribution in [0.3, 0.4) is 0 Å². The van der Waals surface area contributed by atoms with Crippen LogP contribution in [0.5, 0.6) is 0 Å². The van der Waals surface area contributed by atoms with Crippen molar-refractivity contribution in [2.45, 2.75) is 51.5 Å². The van der Waals surface area contributed by atoms with Gasteiger partial charge in [-0.25, -0.2) is 0 Å². The molecule has 0 aromatic carbocycles. The van der Waals surface area contributed by atoms with E-state index in [2.05, 4.69) is 4.98 Å². The molecule has 0 saturated carbocycles. The Morgan fingerprint density at radius 2 is 2.26 bits per heavy atom. The van der Waals surface area contributed by atoms with E-state index in [0.29, 0.717) is 12.8 Å². The Kier molecular flexibility index (Phi) is 4.08. The third-order valence-electron chi connectivity index (χ3n) is 3.88. The molecule has 1 fully saturated rings. The molecule has 1 amide bonds. The highest BCUT2D eigenvalue weighted by atomic mass is 16.2. The number of Topliss-reactive ketones (excluding diaryl/α,β-unsaturated/α-hetero) is 1. The molecule has 1 saturated heterocycles. The Labute approximate surface area is 114 Å². The smallest absolute Gasteiger partial charge is 0.223 e. The second-order valence-electron chi connectivity index (χ2n) is 5.88. The number of hydrogen-bond donors (Lipinski definition) is 1. The zero-order valence-electron chi connectivity index (χ0n) is 11.7. The number of ketones is 1. The van der Waals surface area contributed by atoms with Gasteiger partial charge in [-0.3, -0.25) is 9.59 Å². The maximum Gasteiger partial charge on any atom is 0.223 e. The Morgan fingerprint density at radius 3 is 2.95 bits per heavy atom. The van der Waals surface area contributed by atoms with Crippen LogP contribution in [0.1, 0.15) is 45.2 Å². The first kappa shape index (κ1) is 13.8. The Bertz CT molecular complexity index is 449. The molecule has 0 aliphatic carbocycles. The maximum atomic E-state index is 12.3. The van der Waals surface area contributed by atoms with Crippen LogP contribution in [0.15, 0.2) is 18.3 Å². The summed E-state index contributed by atoms with van der Waals surface area (Å²) in [6.07, 6.45) is 5.47. The number of piperidine rings is 1. The fourth-order valence-corrected chi connectivity index (χ4v) is 2.56. The second-order valence-corrected chi connectivity index (χ2v) is 5.88. The Hall–Kier alpha value is -1.58. The van der Waals surface area contributed by atoms with Crippen LogP contribution < -0.4 is 0 Å². The average molecular weight is 262 g/mol. The lowest BCUT2D eigenvalue weighted by Gasteiger charge is -2.41. The standard InChI is InChI=1S/C15H22N2O2/c1-15(2)9-8-13(18)11-17(15)14(19)7-3-5-12-6-4-10-16-12/h4,6,10,16H,3,5,7-9,11H2,1-2H3. The molecule has 1 aliphatic rings. The molecule has 4 nitrogen and oxygen atoms in total. The first-order valence-electron chi connectivity index (χ1n) is 6.93. The van der Waals surface area contributed by atoms with Gasteiger partial charge < -0.3 is 9.88 Å². The van der Waals surface area contributed by atoms with Gasteiger partial charge in [0, 0.05) is 30.3 Å². The zero-order valence-corrected chi connectivity index (χ0v) is 11.7. The number of rotatable bonds is 4. The number of amides is 1. The molecule has 4 heteroatoms. The largest absolute Gasteiger partial charge is 0.365 e. The van der Waals surface area contributed by atoms with Gasteiger partial charge in [0.25, 0.3) is 0 Å². The van der Waals surface area contributed by atoms with Crippen molar-refractivity contribution in [3.8, 4) is 0 Å². The van der Waals surface area contributed by atoms with Crippen LogP contribution >= 0.6 is 0 Å². The van der Waals surface area contributed by atoms with Gasteiger partial charge in [-0.15, -0.1) is 0 Å². The van der Waals surface area contributed by atoms with Crippen molar-refractivity contribution < 1.29 is 9.59 Å². The van der Waals surface area contributed by atoms with Gasteiger partial charge >= 0.3 is 0 Å². The number of carbonyl (C=O) groups excluding carboxylic acids is 2. The highest BCUT2D eigenvalue weighted by Crippen LogP contribution is 2.26. The van der Waals surface area contributed by atoms with Crippen LogP contribution in [0, 0.1) is 0 Å². The quantitative estimate of drug-likeness (QED) is 0.905. The van der Waals surface area contributed by atoms with Gasteiger partial charge in [-0.2, -0.15) is 0 Å². The summed E-state index contributed by atoms with van der Waals surface area (Å²) in [5.74, 6) is 0.279. The summed E-state index contributed by atoms with van der Waals surface area (Å²) in [7, 11) is 0. The number of aromatic amines is 1. The Morgan fingerprint density at radius 1 is 1.47 bits per heavy atom. The van der Waals surface area contributed by atoms with Crippen molar-refractivity contribution in [1.82, 2.24) is 9.88 Å². The molecule has 1 aromatic rings. The SMILES string of the molecule is CC1(C)CCC(=O)CN1C(=O)CCCc1ccc[nH]1. The number of hydrogen-bond acceptors (Lipinski definition) is 2. The highest BCUT2D eigenvalue weighted by Gasteiger charge is 2.35. The fraction of sp³-hybridized carbons (Fsp3) is 0.600. The lowest BCUT2D eigenvalue weighted by atomic mass is 9.89. The minimum atomic E-state index is -0.183. The van der Waals surface area contributed by atoms with Gasteiger partial charge in [-0.1, -0.05) is 0 Å². The monoisotopic (exact) mass is 262 g/mol. The summed E-state index contributed by atoms with van der Waals surface area (Å²) in [5, 5.41) is 0. The van der Waals surface area contributed by atoms with E-state index in [1.165, 1.54) is 0 Å². The predicted octanol–water partition coefficient (Wildman–Crippen LogP) is 2.31. The van der Waals surface area contributed by atoms with Gasteiger partial charge in [0.2, 0.25) is 5.91 Å². The van der Waals surface area contributed by atoms with Crippen molar-refractivity contribution in [3.63, 3.8) is 0 Å². The number of carbonyl (C=O) groups is 2. The first-order valence-corrected chi connectivity index (χ1v) is 6.93. The van der Waals surface area contributed by atoms with E-state index in [1.807, 2.05) is 32.2 Å². The highest BCUT2D eigenvalue weighted by molar-refractivity contribution is 5.88. The van der Waals surface area contributed by atoms with Crippen molar-refractivity contribution >= 4 is 11.7 Å². The maximum absolute atomic E-state index is 12.3. The summed E-state index contributed by atoms with van der Waals surface area (Å²) in [4.78, 5) is 28.7. The molecular formula is C15H22N2O2. The number of likely N-dealkylation sites (tertiary alicyclic amines) is 1. The molecular weight excluding hydrogens is 240 g/mol. The van der Waals surface area contributed by atoms with E-state index in [0.717, 1.165) is 25.0 Å². The van der Waals surface area contributed by atoms with Crippen molar-refractivity contribution in [3.05, 3.63) is 24.0 Å². The zero-order chi connectivity index (χ0) is 13.9. The molecule has 1 aromatic heterocycles. The number of H-pyrrole nitrogens is 1. The predicted molar refractivity (Wildman–Crippen MR) is 73.8 cm³/mol. The van der Waals surface area contributed by atoms with E-state index in [-0.39, 0.29) is 23.8 Å². The Balaban J connectivity index is 1.86. The van der Waals surface area contributed by atoms with Crippen LogP contribution in [-0.4, -0.2) is 33.7 Å². The third-order valence-corrected chi connectivity index (χ3v) is 3.88. The van der Waals surface area contributed by atoms with Crippen molar-refractivity contribution in [2.75, 3.05) is 6.54 Å². The molecule has 1 N–H and O–H groups in total. The normalized spacial score (nSPS) is 18.6. The minimum absolute atomic E-state index is 0.101. The lowest BCUT2D eigenvalue weighted by Crippen LogP contribution is -2.53. The summed E-state index contributed by atoms with van der Waals surface area (Å²) < 4.78 is 0. The fourth-order valence-electron chi connectivity index (χ4n) is 2.56. The van der Waals surface area contributed by atoms with Gasteiger partial charge in [-0.05, 0) is 45.2 Å². The lowest BCUT2D eigenvalue weighted by molar-refractivity contribution is -0.144. The summed E-state index contributed by atoms with van der Waals surface area (Å²) in [6.45, 7) is 4.37. The number of nitrogens with one attached hydrogen (secondary N) is 1. The molecule has 0 bridgehead atoms. The van der Waals surface area contributed by atoms with Crippen LogP contribution in [0.2, 0.25) is 0 Å². The molecule has 19 heavy (non-hydrogen) atoms. The van der Waals surface area contributed by atoms with Crippen LogP contribution in [-0.2, 0) is 16.0 Å². The van der Waals surface area contributed by atoms with E-state index in [4.69, 9.17) is 0 Å². The van der Waals surface area contributed by atoms with Gasteiger partial charge in [0.15, 0.2) is 5.78 Å². The molecule has 2 rings (SSSR count). The number of nitrogens with zero attached hydrogens (tertiary/aromatic N) is 1. The van der Waals surface area contributed by atoms with Gasteiger partial charge in [0.05, 0.1) is 6.54 Å². The number of aryl methyl sites for hydroxylation is 1.